The van der Waals surface area contributed by atoms with Crippen LogP contribution < -0.4 is 10.6 Å². The number of likely N-dealkylation sites (N-methyl/N-ethyl adjacent to an activating group) is 1. The number of nitrogens with zero attached hydrogens (tertiary/aromatic N) is 2. The van der Waals surface area contributed by atoms with Crippen LogP contribution in [-0.4, -0.2) is 58.7 Å². The molecule has 2 saturated heterocycles. The van der Waals surface area contributed by atoms with E-state index < -0.39 is 0 Å². The molecule has 0 unspecified atom stereocenters. The lowest BCUT2D eigenvalue weighted by molar-refractivity contribution is -0.131. The van der Waals surface area contributed by atoms with Crippen LogP contribution in [0.15, 0.2) is 30.3 Å². The first kappa shape index (κ1) is 18.1. The van der Waals surface area contributed by atoms with Gasteiger partial charge in [0.2, 0.25) is 5.91 Å². The number of rotatable bonds is 3. The minimum Gasteiger partial charge on any atom is -0.360 e. The molecule has 1 atom stereocenters. The van der Waals surface area contributed by atoms with Gasteiger partial charge in [-0.15, -0.1) is 0 Å². The minimum atomic E-state index is -0.236. The third-order valence-corrected chi connectivity index (χ3v) is 5.66. The molecule has 0 aliphatic carbocycles. The zero-order chi connectivity index (χ0) is 18.0. The van der Waals surface area contributed by atoms with E-state index in [1.54, 1.807) is 0 Å². The molecule has 2 aliphatic heterocycles. The van der Waals surface area contributed by atoms with Crippen LogP contribution in [0.3, 0.4) is 0 Å². The van der Waals surface area contributed by atoms with E-state index in [-0.39, 0.29) is 17.6 Å². The summed E-state index contributed by atoms with van der Waals surface area (Å²) in [5.41, 5.74) is 0.957. The molecule has 136 valence electrons. The quantitative estimate of drug-likeness (QED) is 0.804. The summed E-state index contributed by atoms with van der Waals surface area (Å²) in [7, 11) is 1.93. The molecule has 0 bridgehead atoms. The number of hydrogen-bond acceptors (Lipinski definition) is 3. The van der Waals surface area contributed by atoms with E-state index in [0.717, 1.165) is 37.5 Å². The van der Waals surface area contributed by atoms with Crippen molar-refractivity contribution in [3.63, 3.8) is 0 Å². The van der Waals surface area contributed by atoms with Gasteiger partial charge in [0.25, 0.3) is 0 Å². The van der Waals surface area contributed by atoms with Crippen molar-refractivity contribution >= 4 is 23.2 Å². The minimum absolute atomic E-state index is 0.139. The van der Waals surface area contributed by atoms with Crippen LogP contribution in [-0.2, 0) is 11.2 Å². The van der Waals surface area contributed by atoms with Crippen LogP contribution in [0.5, 0.6) is 0 Å². The number of piperidine rings is 1. The van der Waals surface area contributed by atoms with Gasteiger partial charge in [-0.2, -0.15) is 0 Å². The van der Waals surface area contributed by atoms with Crippen LogP contribution in [0.4, 0.5) is 0 Å². The maximum atomic E-state index is 12.8. The fraction of sp³-hybridized carbons (Fsp3) is 0.579. The van der Waals surface area contributed by atoms with E-state index >= 15 is 0 Å². The third kappa shape index (κ3) is 3.80. The normalized spacial score (nSPS) is 22.7. The Morgan fingerprint density at radius 1 is 1.32 bits per heavy atom. The van der Waals surface area contributed by atoms with E-state index in [1.807, 2.05) is 30.1 Å². The molecule has 1 spiro atoms. The predicted molar refractivity (Wildman–Crippen MR) is 104 cm³/mol. The molecule has 2 N–H and O–H groups in total. The molecule has 0 radical (unpaired) electrons. The fourth-order valence-corrected chi connectivity index (χ4v) is 4.23. The highest BCUT2D eigenvalue weighted by atomic mass is 32.1. The Morgan fingerprint density at radius 2 is 1.96 bits per heavy atom. The van der Waals surface area contributed by atoms with E-state index in [4.69, 9.17) is 12.2 Å². The first-order valence-corrected chi connectivity index (χ1v) is 9.47. The lowest BCUT2D eigenvalue weighted by atomic mass is 9.96. The zero-order valence-corrected chi connectivity index (χ0v) is 16.1. The molecule has 2 heterocycles. The van der Waals surface area contributed by atoms with Gasteiger partial charge < -0.3 is 15.1 Å². The number of likely N-dealkylation sites (tertiary alicyclic amines) is 1. The second-order valence-electron chi connectivity index (χ2n) is 7.41. The Bertz CT molecular complexity index is 626. The molecule has 1 aromatic rings. The summed E-state index contributed by atoms with van der Waals surface area (Å²) >= 11 is 5.49. The van der Waals surface area contributed by atoms with Crippen LogP contribution in [0.1, 0.15) is 32.3 Å². The Kier molecular flexibility index (Phi) is 5.29. The van der Waals surface area contributed by atoms with Crippen molar-refractivity contribution in [2.75, 3.05) is 20.1 Å². The Balaban J connectivity index is 1.63. The van der Waals surface area contributed by atoms with Crippen LogP contribution >= 0.6 is 12.2 Å². The summed E-state index contributed by atoms with van der Waals surface area (Å²) in [5.74, 6) is 0.195. The van der Waals surface area contributed by atoms with Crippen molar-refractivity contribution in [2.45, 2.75) is 50.9 Å². The highest BCUT2D eigenvalue weighted by Crippen LogP contribution is 2.32. The molecular formula is C19H28N4OS. The second kappa shape index (κ2) is 7.30. The van der Waals surface area contributed by atoms with Gasteiger partial charge in [0.1, 0.15) is 0 Å². The number of hydrogen-bond donors (Lipinski definition) is 2. The average Bonchev–Trinajstić information content (AvgIpc) is 2.81. The molecule has 6 heteroatoms. The number of carbonyl (C=O) groups excluding carboxylic acids is 1. The molecule has 5 nitrogen and oxygen atoms in total. The summed E-state index contributed by atoms with van der Waals surface area (Å²) in [6.07, 6.45) is 2.52. The molecule has 3 rings (SSSR count). The van der Waals surface area contributed by atoms with Crippen LogP contribution in [0.2, 0.25) is 0 Å². The van der Waals surface area contributed by atoms with Crippen molar-refractivity contribution < 1.29 is 4.79 Å². The predicted octanol–water partition coefficient (Wildman–Crippen LogP) is 1.73. The Morgan fingerprint density at radius 3 is 2.56 bits per heavy atom. The molecule has 0 saturated carbocycles. The molecule has 1 aromatic carbocycles. The van der Waals surface area contributed by atoms with Crippen molar-refractivity contribution in [2.24, 2.45) is 0 Å². The summed E-state index contributed by atoms with van der Waals surface area (Å²) < 4.78 is 0. The summed E-state index contributed by atoms with van der Waals surface area (Å²) in [6, 6.07) is 10.4. The monoisotopic (exact) mass is 360 g/mol. The Labute approximate surface area is 155 Å². The standard InChI is InChI=1S/C19H28N4OS/c1-14(2)20-18(25)23-11-9-19(10-12-23)21-16(17(24)22(19)3)13-15-7-5-4-6-8-15/h4-8,14,16,21H,9-13H2,1-3H3,(H,20,25)/t16-/m0/s1. The van der Waals surface area contributed by atoms with Gasteiger partial charge in [-0.05, 0) is 38.0 Å². The highest BCUT2D eigenvalue weighted by Gasteiger charge is 2.49. The lowest BCUT2D eigenvalue weighted by Gasteiger charge is -2.44. The van der Waals surface area contributed by atoms with E-state index in [1.165, 1.54) is 5.56 Å². The van der Waals surface area contributed by atoms with Gasteiger partial charge in [0.15, 0.2) is 5.11 Å². The van der Waals surface area contributed by atoms with E-state index in [9.17, 15) is 4.79 Å². The first-order valence-electron chi connectivity index (χ1n) is 9.06. The largest absolute Gasteiger partial charge is 0.360 e. The number of thiocarbonyl (C=S) groups is 1. The van der Waals surface area contributed by atoms with Crippen LogP contribution in [0, 0.1) is 0 Å². The summed E-state index contributed by atoms with van der Waals surface area (Å²) in [4.78, 5) is 16.9. The topological polar surface area (TPSA) is 47.6 Å². The molecule has 0 aromatic heterocycles. The molecule has 2 aliphatic rings. The SMILES string of the molecule is CC(C)NC(=S)N1CCC2(CC1)N[C@@H](Cc1ccccc1)C(=O)N2C. The summed E-state index contributed by atoms with van der Waals surface area (Å²) in [6.45, 7) is 5.91. The van der Waals surface area contributed by atoms with Crippen molar-refractivity contribution in [1.82, 2.24) is 20.4 Å². The third-order valence-electron chi connectivity index (χ3n) is 5.29. The molecule has 1 amide bonds. The zero-order valence-electron chi connectivity index (χ0n) is 15.3. The van der Waals surface area contributed by atoms with Gasteiger partial charge >= 0.3 is 0 Å². The molecule has 25 heavy (non-hydrogen) atoms. The van der Waals surface area contributed by atoms with Gasteiger partial charge in [-0.1, -0.05) is 30.3 Å². The maximum Gasteiger partial charge on any atom is 0.241 e. The smallest absolute Gasteiger partial charge is 0.241 e. The lowest BCUT2D eigenvalue weighted by Crippen LogP contribution is -2.59. The average molecular weight is 361 g/mol. The molecular weight excluding hydrogens is 332 g/mol. The molecule has 2 fully saturated rings. The van der Waals surface area contributed by atoms with Crippen molar-refractivity contribution in [3.8, 4) is 0 Å². The first-order chi connectivity index (χ1) is 11.9. The van der Waals surface area contributed by atoms with Crippen molar-refractivity contribution in [1.29, 1.82) is 0 Å². The number of nitrogens with one attached hydrogen (secondary N) is 2. The Hall–Kier alpha value is -1.66. The van der Waals surface area contributed by atoms with E-state index in [0.29, 0.717) is 6.04 Å². The van der Waals surface area contributed by atoms with Crippen LogP contribution in [0.25, 0.3) is 0 Å². The van der Waals surface area contributed by atoms with Gasteiger partial charge in [0.05, 0.1) is 11.7 Å². The van der Waals surface area contributed by atoms with Gasteiger partial charge in [-0.25, -0.2) is 0 Å². The summed E-state index contributed by atoms with van der Waals surface area (Å²) in [5, 5.41) is 7.77. The number of amides is 1. The fourth-order valence-electron chi connectivity index (χ4n) is 3.81. The number of carbonyl (C=O) groups is 1. The number of benzene rings is 1. The van der Waals surface area contributed by atoms with E-state index in [2.05, 4.69) is 41.5 Å². The maximum absolute atomic E-state index is 12.8. The van der Waals surface area contributed by atoms with Gasteiger partial charge in [0, 0.05) is 39.0 Å². The second-order valence-corrected chi connectivity index (χ2v) is 7.79. The van der Waals surface area contributed by atoms with Crippen molar-refractivity contribution in [3.05, 3.63) is 35.9 Å². The highest BCUT2D eigenvalue weighted by molar-refractivity contribution is 7.80. The van der Waals surface area contributed by atoms with Gasteiger partial charge in [-0.3, -0.25) is 10.1 Å².